The van der Waals surface area contributed by atoms with Crippen molar-refractivity contribution in [3.05, 3.63) is 72.3 Å². The standard InChI is InChI=1S/C23H21NO.ClH/c1-3-14-25-19-11-8-18(9-12-19)22-15-16(2)23-20-7-5-4-6-17(20)10-13-21(23)24-22;/h4-13,15H,3,14H2,1-2H3;1H. The van der Waals surface area contributed by atoms with Crippen LogP contribution < -0.4 is 4.74 Å². The molecule has 3 heteroatoms. The minimum absolute atomic E-state index is 0. The SMILES string of the molecule is CCCOc1ccc(-c2cc(C)c3c(ccc4ccccc43)n2)cc1.Cl. The van der Waals surface area contributed by atoms with Gasteiger partial charge in [0.2, 0.25) is 0 Å². The van der Waals surface area contributed by atoms with E-state index in [-0.39, 0.29) is 12.4 Å². The molecule has 0 aliphatic rings. The molecule has 2 nitrogen and oxygen atoms in total. The number of aryl methyl sites for hydroxylation is 1. The largest absolute Gasteiger partial charge is 0.494 e. The molecule has 3 aromatic carbocycles. The van der Waals surface area contributed by atoms with Gasteiger partial charge in [0.25, 0.3) is 0 Å². The maximum Gasteiger partial charge on any atom is 0.119 e. The van der Waals surface area contributed by atoms with E-state index in [1.807, 2.05) is 12.1 Å². The van der Waals surface area contributed by atoms with Gasteiger partial charge >= 0.3 is 0 Å². The fourth-order valence-corrected chi connectivity index (χ4v) is 3.30. The summed E-state index contributed by atoms with van der Waals surface area (Å²) >= 11 is 0. The van der Waals surface area contributed by atoms with E-state index in [0.29, 0.717) is 0 Å². The lowest BCUT2D eigenvalue weighted by molar-refractivity contribution is 0.317. The van der Waals surface area contributed by atoms with Crippen LogP contribution in [0.5, 0.6) is 5.75 Å². The second-order valence-electron chi connectivity index (χ2n) is 6.38. The lowest BCUT2D eigenvalue weighted by Gasteiger charge is -2.10. The van der Waals surface area contributed by atoms with E-state index in [0.717, 1.165) is 35.6 Å². The van der Waals surface area contributed by atoms with Gasteiger partial charge in [-0.3, -0.25) is 0 Å². The molecule has 0 aliphatic carbocycles. The van der Waals surface area contributed by atoms with E-state index >= 15 is 0 Å². The summed E-state index contributed by atoms with van der Waals surface area (Å²) in [6, 6.07) is 23.1. The molecule has 1 heterocycles. The van der Waals surface area contributed by atoms with Crippen LogP contribution in [0.25, 0.3) is 32.9 Å². The zero-order valence-corrected chi connectivity index (χ0v) is 15.8. The Hall–Kier alpha value is -2.58. The number of pyridine rings is 1. The Morgan fingerprint density at radius 3 is 2.46 bits per heavy atom. The van der Waals surface area contributed by atoms with Crippen molar-refractivity contribution in [2.45, 2.75) is 20.3 Å². The van der Waals surface area contributed by atoms with Gasteiger partial charge in [-0.15, -0.1) is 12.4 Å². The molecule has 0 aliphatic heterocycles. The number of nitrogens with zero attached hydrogens (tertiary/aromatic N) is 1. The first-order chi connectivity index (χ1) is 12.3. The van der Waals surface area contributed by atoms with Gasteiger partial charge in [-0.25, -0.2) is 4.98 Å². The topological polar surface area (TPSA) is 22.1 Å². The highest BCUT2D eigenvalue weighted by atomic mass is 35.5. The van der Waals surface area contributed by atoms with Crippen LogP contribution >= 0.6 is 12.4 Å². The summed E-state index contributed by atoms with van der Waals surface area (Å²) in [7, 11) is 0. The molecule has 0 bridgehead atoms. The van der Waals surface area contributed by atoms with Crippen molar-refractivity contribution in [3.8, 4) is 17.0 Å². The van der Waals surface area contributed by atoms with Gasteiger partial charge in [0.05, 0.1) is 17.8 Å². The monoisotopic (exact) mass is 363 g/mol. The Bertz CT molecular complexity index is 1040. The second kappa shape index (κ2) is 7.76. The van der Waals surface area contributed by atoms with Gasteiger partial charge < -0.3 is 4.74 Å². The number of halogens is 1. The number of hydrogen-bond donors (Lipinski definition) is 0. The van der Waals surface area contributed by atoms with Crippen molar-refractivity contribution < 1.29 is 4.74 Å². The van der Waals surface area contributed by atoms with E-state index in [4.69, 9.17) is 9.72 Å². The molecular weight excluding hydrogens is 342 g/mol. The molecule has 0 atom stereocenters. The quantitative estimate of drug-likeness (QED) is 0.382. The Balaban J connectivity index is 0.00000196. The molecule has 0 saturated heterocycles. The van der Waals surface area contributed by atoms with Crippen molar-refractivity contribution in [1.82, 2.24) is 4.98 Å². The van der Waals surface area contributed by atoms with E-state index in [1.165, 1.54) is 21.7 Å². The van der Waals surface area contributed by atoms with Crippen molar-refractivity contribution in [1.29, 1.82) is 0 Å². The summed E-state index contributed by atoms with van der Waals surface area (Å²) in [6.07, 6.45) is 1.02. The fraction of sp³-hybridized carbons (Fsp3) is 0.174. The van der Waals surface area contributed by atoms with Crippen molar-refractivity contribution in [2.24, 2.45) is 0 Å². The van der Waals surface area contributed by atoms with Crippen LogP contribution in [0.4, 0.5) is 0 Å². The summed E-state index contributed by atoms with van der Waals surface area (Å²) in [5.41, 5.74) is 4.41. The maximum atomic E-state index is 5.67. The average Bonchev–Trinajstić information content (AvgIpc) is 2.66. The minimum Gasteiger partial charge on any atom is -0.494 e. The molecule has 0 fully saturated rings. The van der Waals surface area contributed by atoms with E-state index in [1.54, 1.807) is 0 Å². The highest BCUT2D eigenvalue weighted by Crippen LogP contribution is 2.30. The summed E-state index contributed by atoms with van der Waals surface area (Å²) in [6.45, 7) is 5.03. The second-order valence-corrected chi connectivity index (χ2v) is 6.38. The van der Waals surface area contributed by atoms with Gasteiger partial charge in [-0.2, -0.15) is 0 Å². The Morgan fingerprint density at radius 1 is 0.923 bits per heavy atom. The van der Waals surface area contributed by atoms with Gasteiger partial charge in [-0.1, -0.05) is 37.3 Å². The Kier molecular flexibility index (Phi) is 5.43. The molecule has 0 saturated carbocycles. The third-order valence-corrected chi connectivity index (χ3v) is 4.52. The first kappa shape index (κ1) is 18.2. The van der Waals surface area contributed by atoms with Gasteiger partial charge in [0, 0.05) is 10.9 Å². The molecule has 0 unspecified atom stereocenters. The van der Waals surface area contributed by atoms with E-state index in [9.17, 15) is 0 Å². The van der Waals surface area contributed by atoms with E-state index in [2.05, 4.69) is 68.4 Å². The van der Waals surface area contributed by atoms with Crippen molar-refractivity contribution >= 4 is 34.1 Å². The summed E-state index contributed by atoms with van der Waals surface area (Å²) in [5, 5.41) is 3.76. The zero-order chi connectivity index (χ0) is 17.2. The number of aromatic nitrogens is 1. The van der Waals surface area contributed by atoms with Gasteiger partial charge in [-0.05, 0) is 66.1 Å². The number of fused-ring (bicyclic) bond motifs is 3. The lowest BCUT2D eigenvalue weighted by Crippen LogP contribution is -1.95. The van der Waals surface area contributed by atoms with Crippen LogP contribution in [-0.2, 0) is 0 Å². The van der Waals surface area contributed by atoms with Crippen LogP contribution in [0.1, 0.15) is 18.9 Å². The Morgan fingerprint density at radius 2 is 1.69 bits per heavy atom. The van der Waals surface area contributed by atoms with Crippen LogP contribution in [0, 0.1) is 6.92 Å². The predicted octanol–water partition coefficient (Wildman–Crippen LogP) is 6.57. The minimum atomic E-state index is 0. The molecule has 0 radical (unpaired) electrons. The van der Waals surface area contributed by atoms with Crippen molar-refractivity contribution in [3.63, 3.8) is 0 Å². The Labute approximate surface area is 160 Å². The summed E-state index contributed by atoms with van der Waals surface area (Å²) in [5.74, 6) is 0.911. The molecule has 26 heavy (non-hydrogen) atoms. The predicted molar refractivity (Wildman–Crippen MR) is 112 cm³/mol. The van der Waals surface area contributed by atoms with Crippen molar-refractivity contribution in [2.75, 3.05) is 6.61 Å². The number of benzene rings is 3. The zero-order valence-electron chi connectivity index (χ0n) is 15.0. The lowest BCUT2D eigenvalue weighted by atomic mass is 9.99. The normalized spacial score (nSPS) is 10.7. The van der Waals surface area contributed by atoms with Gasteiger partial charge in [0.15, 0.2) is 0 Å². The van der Waals surface area contributed by atoms with Crippen LogP contribution in [0.2, 0.25) is 0 Å². The summed E-state index contributed by atoms with van der Waals surface area (Å²) in [4.78, 5) is 4.91. The number of rotatable bonds is 4. The number of ether oxygens (including phenoxy) is 1. The van der Waals surface area contributed by atoms with E-state index < -0.39 is 0 Å². The highest BCUT2D eigenvalue weighted by molar-refractivity contribution is 6.08. The molecule has 0 N–H and O–H groups in total. The van der Waals surface area contributed by atoms with Crippen LogP contribution in [-0.4, -0.2) is 11.6 Å². The van der Waals surface area contributed by atoms with Gasteiger partial charge in [0.1, 0.15) is 5.75 Å². The third-order valence-electron chi connectivity index (χ3n) is 4.52. The summed E-state index contributed by atoms with van der Waals surface area (Å²) < 4.78 is 5.67. The molecule has 1 aromatic heterocycles. The molecule has 132 valence electrons. The first-order valence-electron chi connectivity index (χ1n) is 8.78. The smallest absolute Gasteiger partial charge is 0.119 e. The van der Waals surface area contributed by atoms with Crippen LogP contribution in [0.15, 0.2) is 66.7 Å². The van der Waals surface area contributed by atoms with Crippen LogP contribution in [0.3, 0.4) is 0 Å². The number of hydrogen-bond acceptors (Lipinski definition) is 2. The molecule has 4 aromatic rings. The average molecular weight is 364 g/mol. The fourth-order valence-electron chi connectivity index (χ4n) is 3.30. The molecule has 0 spiro atoms. The highest BCUT2D eigenvalue weighted by Gasteiger charge is 2.08. The third kappa shape index (κ3) is 3.38. The molecular formula is C23H22ClNO. The molecule has 0 amide bonds. The molecule has 4 rings (SSSR count). The maximum absolute atomic E-state index is 5.67. The first-order valence-corrected chi connectivity index (χ1v) is 8.78.